The van der Waals surface area contributed by atoms with Crippen LogP contribution in [0.1, 0.15) is 85.5 Å². The van der Waals surface area contributed by atoms with Crippen LogP contribution in [-0.2, 0) is 9.59 Å². The second-order valence-corrected chi connectivity index (χ2v) is 10.7. The van der Waals surface area contributed by atoms with Crippen molar-refractivity contribution in [2.75, 3.05) is 39.4 Å². The van der Waals surface area contributed by atoms with Crippen molar-refractivity contribution >= 4 is 11.8 Å². The molecule has 0 aliphatic carbocycles. The topological polar surface area (TPSA) is 81.1 Å². The van der Waals surface area contributed by atoms with Crippen LogP contribution in [0.5, 0.6) is 0 Å². The lowest BCUT2D eigenvalue weighted by molar-refractivity contribution is -0.137. The smallest absolute Gasteiger partial charge is 0.222 e. The quantitative estimate of drug-likeness (QED) is 0.512. The standard InChI is InChI=1S/C25H46N2O4/c1-20(2)24(18-28)12-8-14-26(16-24)22(30)10-6-5-7-11-23(31)27-15-9-13-25(17-27,19-29)21(3)4/h20-21,28-29H,5-19H2,1-4H3. The summed E-state index contributed by atoms with van der Waals surface area (Å²) in [7, 11) is 0. The van der Waals surface area contributed by atoms with E-state index in [2.05, 4.69) is 27.7 Å². The fourth-order valence-corrected chi connectivity index (χ4v) is 5.36. The number of aliphatic hydroxyl groups excluding tert-OH is 2. The predicted molar refractivity (Wildman–Crippen MR) is 123 cm³/mol. The van der Waals surface area contributed by atoms with E-state index in [1.807, 2.05) is 9.80 Å². The molecule has 0 spiro atoms. The van der Waals surface area contributed by atoms with Crippen LogP contribution in [0.2, 0.25) is 0 Å². The van der Waals surface area contributed by atoms with Gasteiger partial charge in [-0.3, -0.25) is 9.59 Å². The van der Waals surface area contributed by atoms with Crippen molar-refractivity contribution in [1.29, 1.82) is 0 Å². The number of unbranched alkanes of at least 4 members (excludes halogenated alkanes) is 2. The van der Waals surface area contributed by atoms with E-state index in [0.29, 0.717) is 37.8 Å². The average Bonchev–Trinajstić information content (AvgIpc) is 2.78. The maximum atomic E-state index is 12.7. The molecular weight excluding hydrogens is 392 g/mol. The zero-order valence-electron chi connectivity index (χ0n) is 20.4. The third kappa shape index (κ3) is 6.44. The molecule has 180 valence electrons. The molecule has 2 rings (SSSR count). The Hall–Kier alpha value is -1.14. The van der Waals surface area contributed by atoms with Crippen molar-refractivity contribution in [3.05, 3.63) is 0 Å². The highest BCUT2D eigenvalue weighted by atomic mass is 16.3. The molecule has 0 aromatic rings. The van der Waals surface area contributed by atoms with Gasteiger partial charge < -0.3 is 20.0 Å². The average molecular weight is 439 g/mol. The molecule has 2 aliphatic heterocycles. The van der Waals surface area contributed by atoms with E-state index in [0.717, 1.165) is 58.0 Å². The number of rotatable bonds is 10. The zero-order valence-corrected chi connectivity index (χ0v) is 20.4. The molecule has 2 amide bonds. The minimum Gasteiger partial charge on any atom is -0.396 e. The Morgan fingerprint density at radius 3 is 1.45 bits per heavy atom. The number of carbonyl (C=O) groups is 2. The van der Waals surface area contributed by atoms with E-state index >= 15 is 0 Å². The molecule has 2 saturated heterocycles. The van der Waals surface area contributed by atoms with Crippen LogP contribution in [0.25, 0.3) is 0 Å². The Labute approximate surface area is 189 Å². The van der Waals surface area contributed by atoms with Gasteiger partial charge in [0.15, 0.2) is 0 Å². The molecule has 0 saturated carbocycles. The van der Waals surface area contributed by atoms with Gasteiger partial charge >= 0.3 is 0 Å². The summed E-state index contributed by atoms with van der Waals surface area (Å²) in [5.41, 5.74) is -0.316. The summed E-state index contributed by atoms with van der Waals surface area (Å²) in [4.78, 5) is 29.3. The van der Waals surface area contributed by atoms with E-state index in [-0.39, 0.29) is 35.9 Å². The van der Waals surface area contributed by atoms with Crippen LogP contribution in [0.4, 0.5) is 0 Å². The summed E-state index contributed by atoms with van der Waals surface area (Å²) in [6.45, 7) is 11.7. The van der Waals surface area contributed by atoms with Crippen LogP contribution in [-0.4, -0.2) is 71.2 Å². The van der Waals surface area contributed by atoms with Crippen molar-refractivity contribution in [3.63, 3.8) is 0 Å². The summed E-state index contributed by atoms with van der Waals surface area (Å²) in [5.74, 6) is 1.08. The van der Waals surface area contributed by atoms with Gasteiger partial charge in [-0.05, 0) is 50.4 Å². The molecule has 2 N–H and O–H groups in total. The molecule has 0 radical (unpaired) electrons. The van der Waals surface area contributed by atoms with Crippen molar-refractivity contribution in [2.45, 2.75) is 85.5 Å². The molecule has 31 heavy (non-hydrogen) atoms. The van der Waals surface area contributed by atoms with E-state index in [1.54, 1.807) is 0 Å². The van der Waals surface area contributed by atoms with Gasteiger partial charge in [0.2, 0.25) is 11.8 Å². The highest BCUT2D eigenvalue weighted by Gasteiger charge is 2.40. The van der Waals surface area contributed by atoms with Gasteiger partial charge in [-0.25, -0.2) is 0 Å². The number of hydrogen-bond acceptors (Lipinski definition) is 4. The number of hydrogen-bond donors (Lipinski definition) is 2. The van der Waals surface area contributed by atoms with E-state index in [1.165, 1.54) is 0 Å². The number of likely N-dealkylation sites (tertiary alicyclic amines) is 2. The third-order valence-electron chi connectivity index (χ3n) is 8.28. The maximum absolute atomic E-state index is 12.7. The Bertz CT molecular complexity index is 544. The predicted octanol–water partition coefficient (Wildman–Crippen LogP) is 3.45. The molecule has 2 heterocycles. The Morgan fingerprint density at radius 1 is 0.742 bits per heavy atom. The highest BCUT2D eigenvalue weighted by Crippen LogP contribution is 2.38. The highest BCUT2D eigenvalue weighted by molar-refractivity contribution is 5.77. The van der Waals surface area contributed by atoms with Crippen LogP contribution in [0.3, 0.4) is 0 Å². The summed E-state index contributed by atoms with van der Waals surface area (Å²) >= 11 is 0. The second-order valence-electron chi connectivity index (χ2n) is 10.7. The minimum atomic E-state index is -0.158. The molecule has 2 atom stereocenters. The second kappa shape index (κ2) is 11.6. The molecule has 6 nitrogen and oxygen atoms in total. The monoisotopic (exact) mass is 438 g/mol. The van der Waals surface area contributed by atoms with Gasteiger partial charge in [0.25, 0.3) is 0 Å². The molecule has 6 heteroatoms. The first-order chi connectivity index (χ1) is 14.7. The van der Waals surface area contributed by atoms with Crippen LogP contribution in [0.15, 0.2) is 0 Å². The normalized spacial score (nSPS) is 27.2. The van der Waals surface area contributed by atoms with Gasteiger partial charge in [-0.15, -0.1) is 0 Å². The first-order valence-electron chi connectivity index (χ1n) is 12.5. The molecule has 0 aromatic heterocycles. The van der Waals surface area contributed by atoms with E-state index in [9.17, 15) is 19.8 Å². The molecule has 2 fully saturated rings. The summed E-state index contributed by atoms with van der Waals surface area (Å²) < 4.78 is 0. The lowest BCUT2D eigenvalue weighted by Crippen LogP contribution is -2.50. The number of nitrogens with zero attached hydrogens (tertiary/aromatic N) is 2. The Kier molecular flexibility index (Phi) is 9.81. The van der Waals surface area contributed by atoms with Crippen LogP contribution in [0, 0.1) is 22.7 Å². The summed E-state index contributed by atoms with van der Waals surface area (Å²) in [6.07, 6.45) is 7.43. The molecular formula is C25H46N2O4. The largest absolute Gasteiger partial charge is 0.396 e. The molecule has 0 aromatic carbocycles. The maximum Gasteiger partial charge on any atom is 0.222 e. The van der Waals surface area contributed by atoms with Gasteiger partial charge in [0.1, 0.15) is 0 Å². The first-order valence-corrected chi connectivity index (χ1v) is 12.5. The summed E-state index contributed by atoms with van der Waals surface area (Å²) in [5, 5.41) is 19.8. The SMILES string of the molecule is CC(C)C1(CO)CCCN(C(=O)CCCCCC(=O)N2CCCC(CO)(C(C)C)C2)C1. The lowest BCUT2D eigenvalue weighted by atomic mass is 9.72. The zero-order chi connectivity index (χ0) is 23.1. The molecule has 2 unspecified atom stereocenters. The Balaban J connectivity index is 1.71. The lowest BCUT2D eigenvalue weighted by Gasteiger charge is -2.44. The van der Waals surface area contributed by atoms with Crippen molar-refractivity contribution in [1.82, 2.24) is 9.80 Å². The Morgan fingerprint density at radius 2 is 1.13 bits per heavy atom. The first kappa shape index (κ1) is 26.1. The third-order valence-corrected chi connectivity index (χ3v) is 8.28. The number of carbonyl (C=O) groups excluding carboxylic acids is 2. The van der Waals surface area contributed by atoms with Crippen molar-refractivity contribution in [3.8, 4) is 0 Å². The minimum absolute atomic E-state index is 0.140. The van der Waals surface area contributed by atoms with E-state index < -0.39 is 0 Å². The van der Waals surface area contributed by atoms with Gasteiger partial charge in [0.05, 0.1) is 13.2 Å². The number of piperidine rings is 2. The van der Waals surface area contributed by atoms with Gasteiger partial charge in [-0.2, -0.15) is 0 Å². The van der Waals surface area contributed by atoms with Gasteiger partial charge in [0, 0.05) is 49.9 Å². The number of amides is 2. The van der Waals surface area contributed by atoms with E-state index in [4.69, 9.17) is 0 Å². The van der Waals surface area contributed by atoms with Crippen molar-refractivity contribution in [2.24, 2.45) is 22.7 Å². The van der Waals surface area contributed by atoms with Gasteiger partial charge in [-0.1, -0.05) is 34.1 Å². The molecule has 2 aliphatic rings. The van der Waals surface area contributed by atoms with Crippen LogP contribution < -0.4 is 0 Å². The fraction of sp³-hybridized carbons (Fsp3) is 0.920. The number of aliphatic hydroxyl groups is 2. The van der Waals surface area contributed by atoms with Crippen molar-refractivity contribution < 1.29 is 19.8 Å². The fourth-order valence-electron chi connectivity index (χ4n) is 5.36. The summed E-state index contributed by atoms with van der Waals surface area (Å²) in [6, 6.07) is 0. The molecule has 0 bridgehead atoms. The van der Waals surface area contributed by atoms with Crippen LogP contribution >= 0.6 is 0 Å².